The third-order valence-corrected chi connectivity index (χ3v) is 4.17. The molecule has 106 valence electrons. The van der Waals surface area contributed by atoms with Crippen LogP contribution in [0.1, 0.15) is 25.0 Å². The Hall–Kier alpha value is -1.68. The van der Waals surface area contributed by atoms with Gasteiger partial charge >= 0.3 is 0 Å². The monoisotopic (exact) mass is 271 g/mol. The molecule has 1 fully saturated rings. The van der Waals surface area contributed by atoms with Crippen molar-refractivity contribution in [1.29, 1.82) is 0 Å². The first-order chi connectivity index (χ1) is 9.72. The lowest BCUT2D eigenvalue weighted by Gasteiger charge is -2.17. The molecule has 1 aromatic carbocycles. The maximum Gasteiger partial charge on any atom is 0.148 e. The zero-order valence-corrected chi connectivity index (χ0v) is 12.1. The van der Waals surface area contributed by atoms with Crippen LogP contribution in [0.3, 0.4) is 0 Å². The van der Waals surface area contributed by atoms with Crippen LogP contribution in [0.25, 0.3) is 11.0 Å². The van der Waals surface area contributed by atoms with Crippen LogP contribution in [0.15, 0.2) is 24.3 Å². The van der Waals surface area contributed by atoms with Crippen LogP contribution in [0.5, 0.6) is 0 Å². The minimum atomic E-state index is 0.412. The fraction of sp³-hybridized carbons (Fsp3) is 0.500. The second-order valence-corrected chi connectivity index (χ2v) is 5.74. The molecule has 1 N–H and O–H groups in total. The lowest BCUT2D eigenvalue weighted by molar-refractivity contribution is 0.175. The topological polar surface area (TPSA) is 47.0 Å². The van der Waals surface area contributed by atoms with Gasteiger partial charge < -0.3 is 10.1 Å². The first-order valence-corrected chi connectivity index (χ1v) is 7.19. The van der Waals surface area contributed by atoms with E-state index in [4.69, 9.17) is 4.74 Å². The van der Waals surface area contributed by atoms with Crippen molar-refractivity contribution in [2.75, 3.05) is 25.6 Å². The number of hydrogen-bond acceptors (Lipinski definition) is 4. The van der Waals surface area contributed by atoms with Crippen LogP contribution in [0, 0.1) is 12.3 Å². The van der Waals surface area contributed by atoms with E-state index < -0.39 is 0 Å². The number of nitrogens with zero attached hydrogens (tertiary/aromatic N) is 2. The van der Waals surface area contributed by atoms with Gasteiger partial charge in [-0.25, -0.2) is 9.97 Å². The molecule has 4 heteroatoms. The summed E-state index contributed by atoms with van der Waals surface area (Å²) in [7, 11) is 1.77. The summed E-state index contributed by atoms with van der Waals surface area (Å²) in [4.78, 5) is 9.29. The number of fused-ring (bicyclic) bond motifs is 1. The van der Waals surface area contributed by atoms with E-state index in [0.717, 1.165) is 42.1 Å². The molecule has 0 amide bonds. The van der Waals surface area contributed by atoms with Crippen LogP contribution in [0.4, 0.5) is 5.82 Å². The number of rotatable bonds is 6. The Morgan fingerprint density at radius 3 is 2.55 bits per heavy atom. The first kappa shape index (κ1) is 13.3. The second-order valence-electron chi connectivity index (χ2n) is 5.74. The fourth-order valence-electron chi connectivity index (χ4n) is 2.54. The van der Waals surface area contributed by atoms with Crippen molar-refractivity contribution in [2.45, 2.75) is 26.2 Å². The summed E-state index contributed by atoms with van der Waals surface area (Å²) in [5.41, 5.74) is 3.28. The summed E-state index contributed by atoms with van der Waals surface area (Å²) in [6.45, 7) is 3.81. The molecule has 1 heterocycles. The molecular formula is C16H21N3O. The van der Waals surface area contributed by atoms with Gasteiger partial charge in [-0.1, -0.05) is 12.1 Å². The molecular weight excluding hydrogens is 250 g/mol. The van der Waals surface area contributed by atoms with E-state index in [1.807, 2.05) is 31.2 Å². The maximum atomic E-state index is 5.20. The van der Waals surface area contributed by atoms with Gasteiger partial charge in [-0.3, -0.25) is 0 Å². The maximum absolute atomic E-state index is 5.20. The van der Waals surface area contributed by atoms with Crippen molar-refractivity contribution in [1.82, 2.24) is 9.97 Å². The van der Waals surface area contributed by atoms with Gasteiger partial charge in [-0.05, 0) is 43.7 Å². The fourth-order valence-corrected chi connectivity index (χ4v) is 2.54. The smallest absolute Gasteiger partial charge is 0.148 e. The molecule has 1 aliphatic carbocycles. The van der Waals surface area contributed by atoms with Crippen molar-refractivity contribution in [3.05, 3.63) is 30.0 Å². The van der Waals surface area contributed by atoms with E-state index in [2.05, 4.69) is 15.3 Å². The molecule has 0 aliphatic heterocycles. The number of benzene rings is 1. The van der Waals surface area contributed by atoms with Gasteiger partial charge in [0.2, 0.25) is 0 Å². The number of hydrogen-bond donors (Lipinski definition) is 1. The molecule has 1 aliphatic rings. The molecule has 0 saturated heterocycles. The molecule has 0 radical (unpaired) electrons. The third kappa shape index (κ3) is 2.75. The van der Waals surface area contributed by atoms with Gasteiger partial charge in [0.05, 0.1) is 16.7 Å². The predicted octanol–water partition coefficient (Wildman–Crippen LogP) is 3.17. The molecule has 3 rings (SSSR count). The Morgan fingerprint density at radius 2 is 1.90 bits per heavy atom. The van der Waals surface area contributed by atoms with Crippen molar-refractivity contribution in [3.8, 4) is 0 Å². The van der Waals surface area contributed by atoms with E-state index in [-0.39, 0.29) is 0 Å². The molecule has 0 bridgehead atoms. The van der Waals surface area contributed by atoms with Crippen LogP contribution in [-0.4, -0.2) is 30.2 Å². The largest absolute Gasteiger partial charge is 0.385 e. The standard InChI is InChI=1S/C16H21N3O/c1-12-15(17-11-16(7-8-16)9-10-20-2)19-14-6-4-3-5-13(14)18-12/h3-6H,7-11H2,1-2H3,(H,17,19). The Kier molecular flexibility index (Phi) is 3.57. The zero-order chi connectivity index (χ0) is 14.0. The number of nitrogens with one attached hydrogen (secondary N) is 1. The molecule has 0 unspecified atom stereocenters. The molecule has 1 saturated carbocycles. The van der Waals surface area contributed by atoms with E-state index in [1.165, 1.54) is 12.8 Å². The Balaban J connectivity index is 1.73. The number of anilines is 1. The highest BCUT2D eigenvalue weighted by molar-refractivity contribution is 5.76. The Morgan fingerprint density at radius 1 is 1.20 bits per heavy atom. The number of ether oxygens (including phenoxy) is 1. The summed E-state index contributed by atoms with van der Waals surface area (Å²) < 4.78 is 5.20. The Labute approximate surface area is 119 Å². The summed E-state index contributed by atoms with van der Waals surface area (Å²) in [5, 5.41) is 3.49. The SMILES string of the molecule is COCCC1(CNc2nc3ccccc3nc2C)CC1. The summed E-state index contributed by atoms with van der Waals surface area (Å²) >= 11 is 0. The van der Waals surface area contributed by atoms with Gasteiger partial charge in [0.1, 0.15) is 5.82 Å². The molecule has 4 nitrogen and oxygen atoms in total. The van der Waals surface area contributed by atoms with Crippen molar-refractivity contribution in [2.24, 2.45) is 5.41 Å². The molecule has 1 aromatic heterocycles. The number of para-hydroxylation sites is 2. The lowest BCUT2D eigenvalue weighted by atomic mass is 10.0. The first-order valence-electron chi connectivity index (χ1n) is 7.19. The number of aryl methyl sites for hydroxylation is 1. The number of aromatic nitrogens is 2. The van der Waals surface area contributed by atoms with E-state index in [0.29, 0.717) is 5.41 Å². The van der Waals surface area contributed by atoms with Crippen molar-refractivity contribution >= 4 is 16.9 Å². The molecule has 0 spiro atoms. The summed E-state index contributed by atoms with van der Waals surface area (Å²) in [6, 6.07) is 8.00. The van der Waals surface area contributed by atoms with E-state index in [1.54, 1.807) is 7.11 Å². The highest BCUT2D eigenvalue weighted by Gasteiger charge is 2.41. The predicted molar refractivity (Wildman–Crippen MR) is 80.9 cm³/mol. The highest BCUT2D eigenvalue weighted by Crippen LogP contribution is 2.48. The lowest BCUT2D eigenvalue weighted by Crippen LogP contribution is -2.18. The van der Waals surface area contributed by atoms with Crippen molar-refractivity contribution in [3.63, 3.8) is 0 Å². The molecule has 2 aromatic rings. The van der Waals surface area contributed by atoms with Crippen molar-refractivity contribution < 1.29 is 4.74 Å². The summed E-state index contributed by atoms with van der Waals surface area (Å²) in [5.74, 6) is 0.910. The minimum Gasteiger partial charge on any atom is -0.385 e. The van der Waals surface area contributed by atoms with Gasteiger partial charge in [-0.2, -0.15) is 0 Å². The van der Waals surface area contributed by atoms with Gasteiger partial charge in [0, 0.05) is 20.3 Å². The van der Waals surface area contributed by atoms with Crippen LogP contribution in [-0.2, 0) is 4.74 Å². The normalized spacial score (nSPS) is 16.3. The van der Waals surface area contributed by atoms with Crippen LogP contribution in [0.2, 0.25) is 0 Å². The third-order valence-electron chi connectivity index (χ3n) is 4.17. The molecule has 0 atom stereocenters. The van der Waals surface area contributed by atoms with E-state index in [9.17, 15) is 0 Å². The van der Waals surface area contributed by atoms with Gasteiger partial charge in [-0.15, -0.1) is 0 Å². The van der Waals surface area contributed by atoms with Crippen LogP contribution < -0.4 is 5.32 Å². The number of methoxy groups -OCH3 is 1. The van der Waals surface area contributed by atoms with E-state index >= 15 is 0 Å². The Bertz CT molecular complexity index is 608. The summed E-state index contributed by atoms with van der Waals surface area (Å²) in [6.07, 6.45) is 3.68. The highest BCUT2D eigenvalue weighted by atomic mass is 16.5. The average Bonchev–Trinajstić information content (AvgIpc) is 3.23. The van der Waals surface area contributed by atoms with Gasteiger partial charge in [0.25, 0.3) is 0 Å². The second kappa shape index (κ2) is 5.37. The van der Waals surface area contributed by atoms with Gasteiger partial charge in [0.15, 0.2) is 0 Å². The minimum absolute atomic E-state index is 0.412. The zero-order valence-electron chi connectivity index (χ0n) is 12.1. The quantitative estimate of drug-likeness (QED) is 0.876. The molecule has 20 heavy (non-hydrogen) atoms. The van der Waals surface area contributed by atoms with Crippen LogP contribution >= 0.6 is 0 Å². The average molecular weight is 271 g/mol.